The fraction of sp³-hybridized carbons (Fsp3) is 0.800. The molecule has 0 spiro atoms. The van der Waals surface area contributed by atoms with E-state index in [9.17, 15) is 14.7 Å². The molecule has 0 aliphatic heterocycles. The quantitative estimate of drug-likeness (QED) is 0.460. The third-order valence-electron chi connectivity index (χ3n) is 4.35. The zero-order valence-electron chi connectivity index (χ0n) is 16.4. The number of rotatable bonds is 10. The molecule has 0 aromatic rings. The van der Waals surface area contributed by atoms with Crippen molar-refractivity contribution in [2.45, 2.75) is 90.9 Å². The van der Waals surface area contributed by atoms with E-state index in [1.807, 2.05) is 12.2 Å². The van der Waals surface area contributed by atoms with Crippen molar-refractivity contribution in [3.05, 3.63) is 12.2 Å². The van der Waals surface area contributed by atoms with Gasteiger partial charge in [-0.1, -0.05) is 51.7 Å². The number of amides is 1. The lowest BCUT2D eigenvalue weighted by Gasteiger charge is -2.26. The number of alkyl carbamates (subject to hydrolysis) is 1. The number of unbranched alkanes of at least 4 members (excludes halogenated alkanes) is 3. The van der Waals surface area contributed by atoms with Crippen LogP contribution in [-0.2, 0) is 9.53 Å². The molecule has 5 nitrogen and oxygen atoms in total. The third-order valence-corrected chi connectivity index (χ3v) is 4.35. The van der Waals surface area contributed by atoms with E-state index in [0.29, 0.717) is 6.42 Å². The lowest BCUT2D eigenvalue weighted by molar-refractivity contribution is -0.113. The zero-order chi connectivity index (χ0) is 19.0. The Hall–Kier alpha value is -1.36. The molecule has 5 heteroatoms. The van der Waals surface area contributed by atoms with Crippen molar-refractivity contribution in [3.8, 4) is 0 Å². The van der Waals surface area contributed by atoms with E-state index < -0.39 is 29.8 Å². The van der Waals surface area contributed by atoms with Crippen molar-refractivity contribution < 1.29 is 19.4 Å². The molecule has 0 saturated heterocycles. The molecule has 2 unspecified atom stereocenters. The number of hydrogen-bond donors (Lipinski definition) is 2. The molecule has 1 aliphatic rings. The lowest BCUT2D eigenvalue weighted by Crippen LogP contribution is -2.46. The number of ether oxygens (including phenoxy) is 1. The molecule has 144 valence electrons. The van der Waals surface area contributed by atoms with Crippen molar-refractivity contribution in [1.82, 2.24) is 5.32 Å². The van der Waals surface area contributed by atoms with Crippen LogP contribution in [0.15, 0.2) is 12.2 Å². The van der Waals surface area contributed by atoms with E-state index in [1.54, 1.807) is 20.8 Å². The smallest absolute Gasteiger partial charge is 0.407 e. The topological polar surface area (TPSA) is 75.6 Å². The van der Waals surface area contributed by atoms with Crippen LogP contribution in [-0.4, -0.2) is 34.7 Å². The van der Waals surface area contributed by atoms with Crippen LogP contribution in [0.2, 0.25) is 0 Å². The van der Waals surface area contributed by atoms with E-state index in [0.717, 1.165) is 32.1 Å². The third kappa shape index (κ3) is 7.59. The Kier molecular flexibility index (Phi) is 8.63. The van der Waals surface area contributed by atoms with Gasteiger partial charge in [0.1, 0.15) is 11.4 Å². The monoisotopic (exact) mass is 353 g/mol. The molecule has 0 heterocycles. The number of nitrogens with one attached hydrogen (secondary N) is 1. The number of hydrogen-bond acceptors (Lipinski definition) is 4. The molecular weight excluding hydrogens is 318 g/mol. The van der Waals surface area contributed by atoms with E-state index in [4.69, 9.17) is 4.74 Å². The summed E-state index contributed by atoms with van der Waals surface area (Å²) in [5.41, 5.74) is -0.593. The van der Waals surface area contributed by atoms with Crippen molar-refractivity contribution >= 4 is 11.9 Å². The first-order valence-electron chi connectivity index (χ1n) is 9.59. The Bertz CT molecular complexity index is 467. The maximum Gasteiger partial charge on any atom is 0.407 e. The van der Waals surface area contributed by atoms with Crippen LogP contribution >= 0.6 is 0 Å². The number of aliphatic hydroxyl groups excluding tert-OH is 1. The van der Waals surface area contributed by atoms with Gasteiger partial charge in [-0.2, -0.15) is 0 Å². The summed E-state index contributed by atoms with van der Waals surface area (Å²) >= 11 is 0. The summed E-state index contributed by atoms with van der Waals surface area (Å²) < 4.78 is 5.28. The first kappa shape index (κ1) is 21.7. The highest BCUT2D eigenvalue weighted by atomic mass is 16.6. The molecule has 4 atom stereocenters. The number of carbonyl (C=O) groups excluding carboxylic acids is 2. The summed E-state index contributed by atoms with van der Waals surface area (Å²) in [6.07, 6.45) is 8.16. The van der Waals surface area contributed by atoms with Gasteiger partial charge in [0.25, 0.3) is 0 Å². The number of Topliss-reactive ketones (excluding diaryl/α,β-unsaturated/α-hetero) is 1. The number of ketones is 1. The highest BCUT2D eigenvalue weighted by Crippen LogP contribution is 2.39. The average molecular weight is 354 g/mol. The summed E-state index contributed by atoms with van der Waals surface area (Å²) in [5, 5.41) is 13.4. The second-order valence-corrected chi connectivity index (χ2v) is 7.91. The van der Waals surface area contributed by atoms with Gasteiger partial charge in [-0.3, -0.25) is 4.79 Å². The van der Waals surface area contributed by atoms with E-state index in [2.05, 4.69) is 19.2 Å². The van der Waals surface area contributed by atoms with Gasteiger partial charge < -0.3 is 15.2 Å². The van der Waals surface area contributed by atoms with Crippen LogP contribution in [0.1, 0.15) is 73.1 Å². The molecule has 0 bridgehead atoms. The minimum absolute atomic E-state index is 0.0627. The van der Waals surface area contributed by atoms with Crippen molar-refractivity contribution in [2.75, 3.05) is 0 Å². The molecule has 25 heavy (non-hydrogen) atoms. The standard InChI is InChI=1S/C20H35NO4/c1-6-8-10-11-12-14-16(17(14)22)18(23)15(13-9-7-2)21-19(24)25-20(3,4)5/h11-12,14-16,18,23H,6-10,13H2,1-5H3,(H,21,24)/t14?,15-,16?,18+/m0/s1. The first-order chi connectivity index (χ1) is 11.7. The predicted octanol–water partition coefficient (Wildman–Crippen LogP) is 3.99. The fourth-order valence-electron chi connectivity index (χ4n) is 2.90. The van der Waals surface area contributed by atoms with Gasteiger partial charge in [0.15, 0.2) is 0 Å². The van der Waals surface area contributed by atoms with Gasteiger partial charge in [0.05, 0.1) is 18.1 Å². The predicted molar refractivity (Wildman–Crippen MR) is 99.3 cm³/mol. The number of allylic oxidation sites excluding steroid dienone is 2. The van der Waals surface area contributed by atoms with Gasteiger partial charge in [0, 0.05) is 5.92 Å². The summed E-state index contributed by atoms with van der Waals surface area (Å²) in [4.78, 5) is 24.1. The molecule has 1 amide bonds. The van der Waals surface area contributed by atoms with E-state index in [-0.39, 0.29) is 11.7 Å². The first-order valence-corrected chi connectivity index (χ1v) is 9.59. The molecule has 1 fully saturated rings. The second kappa shape index (κ2) is 9.95. The molecule has 0 aromatic heterocycles. The average Bonchev–Trinajstić information content (AvgIpc) is 3.15. The number of carbonyl (C=O) groups is 2. The van der Waals surface area contributed by atoms with Crippen LogP contribution in [0.4, 0.5) is 4.79 Å². The van der Waals surface area contributed by atoms with E-state index in [1.165, 1.54) is 0 Å². The number of aliphatic hydroxyl groups is 1. The van der Waals surface area contributed by atoms with Crippen LogP contribution in [0.5, 0.6) is 0 Å². The molecule has 1 saturated carbocycles. The summed E-state index contributed by atoms with van der Waals surface area (Å²) in [6, 6.07) is -0.460. The second-order valence-electron chi connectivity index (χ2n) is 7.91. The van der Waals surface area contributed by atoms with Crippen molar-refractivity contribution in [1.29, 1.82) is 0 Å². The molecule has 0 radical (unpaired) electrons. The van der Waals surface area contributed by atoms with Gasteiger partial charge in [-0.25, -0.2) is 4.79 Å². The van der Waals surface area contributed by atoms with Gasteiger partial charge >= 0.3 is 6.09 Å². The minimum atomic E-state index is -0.868. The van der Waals surface area contributed by atoms with Crippen LogP contribution in [0.25, 0.3) is 0 Å². The van der Waals surface area contributed by atoms with Gasteiger partial charge in [-0.05, 0) is 33.6 Å². The van der Waals surface area contributed by atoms with Crippen LogP contribution in [0, 0.1) is 11.8 Å². The van der Waals surface area contributed by atoms with Crippen LogP contribution in [0.3, 0.4) is 0 Å². The molecular formula is C20H35NO4. The summed E-state index contributed by atoms with van der Waals surface area (Å²) in [5.74, 6) is -0.557. The Labute approximate surface area is 152 Å². The van der Waals surface area contributed by atoms with Gasteiger partial charge in [-0.15, -0.1) is 0 Å². The fourth-order valence-corrected chi connectivity index (χ4v) is 2.90. The Balaban J connectivity index is 2.64. The summed E-state index contributed by atoms with van der Waals surface area (Å²) in [7, 11) is 0. The Morgan fingerprint density at radius 2 is 1.92 bits per heavy atom. The summed E-state index contributed by atoms with van der Waals surface area (Å²) in [6.45, 7) is 9.57. The maximum absolute atomic E-state index is 12.1. The SMILES string of the molecule is CCCCC=CC1C(=O)C1[C@H](O)[C@H](CCCC)NC(=O)OC(C)(C)C. The van der Waals surface area contributed by atoms with Crippen molar-refractivity contribution in [3.63, 3.8) is 0 Å². The highest BCUT2D eigenvalue weighted by Gasteiger charge is 2.53. The molecule has 1 aliphatic carbocycles. The zero-order valence-corrected chi connectivity index (χ0v) is 16.4. The van der Waals surface area contributed by atoms with Crippen LogP contribution < -0.4 is 5.32 Å². The lowest BCUT2D eigenvalue weighted by atomic mass is 9.99. The normalized spacial score (nSPS) is 22.7. The molecule has 2 N–H and O–H groups in total. The molecule has 1 rings (SSSR count). The van der Waals surface area contributed by atoms with Gasteiger partial charge in [0.2, 0.25) is 0 Å². The Morgan fingerprint density at radius 3 is 2.48 bits per heavy atom. The van der Waals surface area contributed by atoms with Crippen molar-refractivity contribution in [2.24, 2.45) is 11.8 Å². The Morgan fingerprint density at radius 1 is 1.28 bits per heavy atom. The largest absolute Gasteiger partial charge is 0.444 e. The molecule has 0 aromatic carbocycles. The maximum atomic E-state index is 12.1. The van der Waals surface area contributed by atoms with E-state index >= 15 is 0 Å². The highest BCUT2D eigenvalue weighted by molar-refractivity contribution is 6.01. The minimum Gasteiger partial charge on any atom is -0.444 e.